The Hall–Kier alpha value is -8.10. The number of aromatic nitrogens is 1. The van der Waals surface area contributed by atoms with Crippen molar-refractivity contribution in [3.8, 4) is 39.1 Å². The number of alkyl halides is 6. The van der Waals surface area contributed by atoms with Crippen LogP contribution in [-0.2, 0) is 12.4 Å². The van der Waals surface area contributed by atoms with Gasteiger partial charge in [0, 0.05) is 22.1 Å². The molecule has 10 aromatic carbocycles. The van der Waals surface area contributed by atoms with E-state index in [0.717, 1.165) is 61.2 Å². The minimum Gasteiger partial charge on any atom is -0.309 e. The van der Waals surface area contributed by atoms with Crippen LogP contribution in [0.1, 0.15) is 11.1 Å². The Morgan fingerprint density at radius 3 is 1.26 bits per heavy atom. The average Bonchev–Trinajstić information content (AvgIpc) is 3.67. The van der Waals surface area contributed by atoms with Gasteiger partial charge in [0.2, 0.25) is 0 Å². The largest absolute Gasteiger partial charge is 0.418 e. The number of nitrogens with zero attached hydrogens (tertiary/aromatic N) is 2. The number of para-hydroxylation sites is 3. The minimum absolute atomic E-state index is 0.140. The molecule has 66 heavy (non-hydrogen) atoms. The summed E-state index contributed by atoms with van der Waals surface area (Å²) in [5.41, 5.74) is 6.39. The van der Waals surface area contributed by atoms with Crippen LogP contribution < -0.4 is 4.90 Å². The predicted molar refractivity (Wildman–Crippen MR) is 257 cm³/mol. The van der Waals surface area contributed by atoms with Crippen molar-refractivity contribution in [2.75, 3.05) is 4.90 Å². The van der Waals surface area contributed by atoms with Gasteiger partial charge in [-0.1, -0.05) is 152 Å². The average molecular weight is 875 g/mol. The van der Waals surface area contributed by atoms with E-state index in [-0.39, 0.29) is 5.69 Å². The Balaban J connectivity index is 0.995. The van der Waals surface area contributed by atoms with Crippen LogP contribution in [0.2, 0.25) is 0 Å². The molecule has 2 nitrogen and oxygen atoms in total. The summed E-state index contributed by atoms with van der Waals surface area (Å²) >= 11 is 0. The monoisotopic (exact) mass is 874 g/mol. The summed E-state index contributed by atoms with van der Waals surface area (Å²) in [6, 6.07) is 66.6. The fraction of sp³-hybridized carbons (Fsp3) is 0.0345. The third-order valence-corrected chi connectivity index (χ3v) is 12.4. The molecule has 0 atom stereocenters. The second-order valence-electron chi connectivity index (χ2n) is 16.3. The molecule has 0 saturated carbocycles. The summed E-state index contributed by atoms with van der Waals surface area (Å²) < 4.78 is 88.7. The minimum atomic E-state index is -4.82. The SMILES string of the molecule is FC(F)(F)c1ccccc1N(c1ccc(-c2ccc3c(c2)c2ccccc2n3-c2ccc(-c3c4ccccc4c(-c4ccccc4)c4ccccc34)cc2)cc1)c1ccccc1C(F)(F)F. The van der Waals surface area contributed by atoms with Gasteiger partial charge in [-0.05, 0) is 122 Å². The summed E-state index contributed by atoms with van der Waals surface area (Å²) in [7, 11) is 0. The van der Waals surface area contributed by atoms with Crippen molar-refractivity contribution < 1.29 is 26.3 Å². The van der Waals surface area contributed by atoms with Crippen molar-refractivity contribution in [2.24, 2.45) is 0 Å². The van der Waals surface area contributed by atoms with Crippen LogP contribution in [-0.4, -0.2) is 4.57 Å². The van der Waals surface area contributed by atoms with E-state index < -0.39 is 34.9 Å². The lowest BCUT2D eigenvalue weighted by Crippen LogP contribution is -2.20. The molecule has 0 radical (unpaired) electrons. The number of anilines is 3. The van der Waals surface area contributed by atoms with Crippen LogP contribution >= 0.6 is 0 Å². The molecule has 0 amide bonds. The van der Waals surface area contributed by atoms with Gasteiger partial charge in [-0.25, -0.2) is 0 Å². The van der Waals surface area contributed by atoms with E-state index in [2.05, 4.69) is 126 Å². The van der Waals surface area contributed by atoms with Crippen LogP contribution in [0.4, 0.5) is 43.4 Å². The van der Waals surface area contributed by atoms with Gasteiger partial charge in [0.15, 0.2) is 0 Å². The van der Waals surface area contributed by atoms with Gasteiger partial charge >= 0.3 is 12.4 Å². The highest BCUT2D eigenvalue weighted by atomic mass is 19.4. The standard InChI is InChI=1S/C58H36F6N2/c59-57(60,61)49-21-9-12-24-53(49)66(54-25-13-10-22-50(54)58(62,63)64)42-31-26-37(27-32-42)40-30-35-52-48(36-40)43-16-8-11-23-51(43)65(52)41-33-28-39(29-34-41)56-46-19-6-4-17-44(46)55(38-14-2-1-3-15-38)45-18-5-7-20-47(45)56/h1-36H. The maximum Gasteiger partial charge on any atom is 0.418 e. The van der Waals surface area contributed by atoms with Crippen LogP contribution in [0.15, 0.2) is 218 Å². The van der Waals surface area contributed by atoms with Crippen molar-refractivity contribution in [3.63, 3.8) is 0 Å². The van der Waals surface area contributed by atoms with Crippen LogP contribution in [0.5, 0.6) is 0 Å². The smallest absolute Gasteiger partial charge is 0.309 e. The van der Waals surface area contributed by atoms with Crippen molar-refractivity contribution in [2.45, 2.75) is 12.4 Å². The Morgan fingerprint density at radius 2 is 0.727 bits per heavy atom. The quantitative estimate of drug-likeness (QED) is 0.114. The molecule has 0 N–H and O–H groups in total. The Bertz CT molecular complexity index is 3490. The van der Waals surface area contributed by atoms with Gasteiger partial charge in [0.1, 0.15) is 0 Å². The highest BCUT2D eigenvalue weighted by molar-refractivity contribution is 6.21. The Kier molecular flexibility index (Phi) is 9.77. The summed E-state index contributed by atoms with van der Waals surface area (Å²) in [4.78, 5) is 1.03. The Morgan fingerprint density at radius 1 is 0.318 bits per heavy atom. The van der Waals surface area contributed by atoms with Crippen LogP contribution in [0.3, 0.4) is 0 Å². The van der Waals surface area contributed by atoms with E-state index in [4.69, 9.17) is 0 Å². The molecule has 0 aliphatic rings. The molecule has 0 unspecified atom stereocenters. The van der Waals surface area contributed by atoms with Crippen molar-refractivity contribution in [3.05, 3.63) is 230 Å². The molecule has 0 fully saturated rings. The molecular weight excluding hydrogens is 839 g/mol. The molecule has 0 saturated heterocycles. The summed E-state index contributed by atoms with van der Waals surface area (Å²) in [6.07, 6.45) is -9.64. The normalized spacial score (nSPS) is 12.1. The molecule has 1 heterocycles. The van der Waals surface area contributed by atoms with Crippen LogP contribution in [0, 0.1) is 0 Å². The molecule has 11 aromatic rings. The second-order valence-corrected chi connectivity index (χ2v) is 16.3. The lowest BCUT2D eigenvalue weighted by Gasteiger charge is -2.30. The maximum atomic E-state index is 14.4. The zero-order valence-corrected chi connectivity index (χ0v) is 34.9. The molecule has 1 aromatic heterocycles. The first-order valence-electron chi connectivity index (χ1n) is 21.4. The zero-order chi connectivity index (χ0) is 45.2. The van der Waals surface area contributed by atoms with E-state index in [1.807, 2.05) is 24.3 Å². The third kappa shape index (κ3) is 6.93. The predicted octanol–water partition coefficient (Wildman–Crippen LogP) is 17.6. The Labute approximate surface area is 375 Å². The number of hydrogen-bond acceptors (Lipinski definition) is 1. The first-order chi connectivity index (χ1) is 32.0. The fourth-order valence-electron chi connectivity index (χ4n) is 9.59. The van der Waals surface area contributed by atoms with Crippen molar-refractivity contribution in [1.29, 1.82) is 0 Å². The van der Waals surface area contributed by atoms with E-state index in [1.165, 1.54) is 74.6 Å². The molecule has 0 aliphatic carbocycles. The van der Waals surface area contributed by atoms with E-state index >= 15 is 0 Å². The number of halogens is 6. The topological polar surface area (TPSA) is 8.17 Å². The van der Waals surface area contributed by atoms with Gasteiger partial charge in [-0.3, -0.25) is 0 Å². The molecule has 11 rings (SSSR count). The summed E-state index contributed by atoms with van der Waals surface area (Å²) in [5, 5.41) is 6.73. The molecule has 0 bridgehead atoms. The fourth-order valence-corrected chi connectivity index (χ4v) is 9.59. The lowest BCUT2D eigenvalue weighted by atomic mass is 9.86. The number of rotatable bonds is 7. The number of benzene rings is 10. The molecule has 0 aliphatic heterocycles. The molecular formula is C58H36F6N2. The van der Waals surface area contributed by atoms with Gasteiger partial charge < -0.3 is 9.47 Å². The first-order valence-corrected chi connectivity index (χ1v) is 21.4. The van der Waals surface area contributed by atoms with E-state index in [1.54, 1.807) is 24.3 Å². The van der Waals surface area contributed by atoms with Crippen molar-refractivity contribution in [1.82, 2.24) is 4.57 Å². The van der Waals surface area contributed by atoms with Crippen LogP contribution in [0.25, 0.3) is 82.4 Å². The third-order valence-electron chi connectivity index (χ3n) is 12.4. The summed E-state index contributed by atoms with van der Waals surface area (Å²) in [6.45, 7) is 0. The maximum absolute atomic E-state index is 14.4. The summed E-state index contributed by atoms with van der Waals surface area (Å²) in [5.74, 6) is 0. The molecule has 0 spiro atoms. The van der Waals surface area contributed by atoms with Gasteiger partial charge in [0.25, 0.3) is 0 Å². The zero-order valence-electron chi connectivity index (χ0n) is 34.9. The lowest BCUT2D eigenvalue weighted by molar-refractivity contribution is -0.137. The number of fused-ring (bicyclic) bond motifs is 5. The highest BCUT2D eigenvalue weighted by Gasteiger charge is 2.39. The van der Waals surface area contributed by atoms with Gasteiger partial charge in [0.05, 0.1) is 33.5 Å². The molecule has 320 valence electrons. The van der Waals surface area contributed by atoms with E-state index in [9.17, 15) is 26.3 Å². The van der Waals surface area contributed by atoms with E-state index in [0.29, 0.717) is 0 Å². The van der Waals surface area contributed by atoms with Crippen molar-refractivity contribution >= 4 is 60.4 Å². The molecule has 8 heteroatoms. The second kappa shape index (κ2) is 15.9. The highest BCUT2D eigenvalue weighted by Crippen LogP contribution is 2.48. The van der Waals surface area contributed by atoms with Gasteiger partial charge in [-0.2, -0.15) is 26.3 Å². The number of hydrogen-bond donors (Lipinski definition) is 0. The first kappa shape index (κ1) is 40.7. The van der Waals surface area contributed by atoms with Gasteiger partial charge in [-0.15, -0.1) is 0 Å².